The second-order valence-electron chi connectivity index (χ2n) is 5.58. The van der Waals surface area contributed by atoms with E-state index in [1.165, 1.54) is 0 Å². The summed E-state index contributed by atoms with van der Waals surface area (Å²) in [6.45, 7) is 4.85. The molecule has 1 rings (SSSR count). The van der Waals surface area contributed by atoms with Gasteiger partial charge in [-0.05, 0) is 40.0 Å². The summed E-state index contributed by atoms with van der Waals surface area (Å²) in [6, 6.07) is 0. The first-order valence-electron chi connectivity index (χ1n) is 6.08. The van der Waals surface area contributed by atoms with Crippen LogP contribution in [0.3, 0.4) is 0 Å². The highest BCUT2D eigenvalue weighted by atomic mass is 16.6. The van der Waals surface area contributed by atoms with Gasteiger partial charge in [0.2, 0.25) is 0 Å². The normalized spacial score (nSPS) is 24.8. The molecule has 1 aliphatic rings. The lowest BCUT2D eigenvalue weighted by Gasteiger charge is -2.42. The van der Waals surface area contributed by atoms with Crippen LogP contribution in [0.4, 0.5) is 4.79 Å². The molecule has 2 N–H and O–H groups in total. The van der Waals surface area contributed by atoms with E-state index in [0.717, 1.165) is 4.90 Å². The highest BCUT2D eigenvalue weighted by Crippen LogP contribution is 2.30. The quantitative estimate of drug-likeness (QED) is 0.778. The van der Waals surface area contributed by atoms with Crippen molar-refractivity contribution in [3.8, 4) is 0 Å². The fraction of sp³-hybridized carbons (Fsp3) is 0.833. The second kappa shape index (κ2) is 5.14. The number of amides is 1. The SMILES string of the molecule is CC(C)(C)OC(=O)N1CCCCC1(CO)C(=O)O. The van der Waals surface area contributed by atoms with E-state index in [-0.39, 0.29) is 6.42 Å². The third kappa shape index (κ3) is 2.93. The maximum atomic E-state index is 12.0. The third-order valence-corrected chi connectivity index (χ3v) is 3.01. The van der Waals surface area contributed by atoms with Gasteiger partial charge in [0.25, 0.3) is 0 Å². The summed E-state index contributed by atoms with van der Waals surface area (Å²) in [5.74, 6) is -1.18. The Morgan fingerprint density at radius 2 is 1.94 bits per heavy atom. The molecule has 1 aliphatic heterocycles. The van der Waals surface area contributed by atoms with Crippen molar-refractivity contribution in [3.05, 3.63) is 0 Å². The molecule has 1 heterocycles. The molecular weight excluding hydrogens is 238 g/mol. The van der Waals surface area contributed by atoms with Crippen LogP contribution >= 0.6 is 0 Å². The molecule has 0 radical (unpaired) electrons. The Bertz CT molecular complexity index is 336. The number of ether oxygens (including phenoxy) is 1. The number of carboxylic acid groups (broad SMARTS) is 1. The largest absolute Gasteiger partial charge is 0.479 e. The number of likely N-dealkylation sites (tertiary alicyclic amines) is 1. The van der Waals surface area contributed by atoms with Gasteiger partial charge in [0, 0.05) is 6.54 Å². The van der Waals surface area contributed by atoms with E-state index < -0.39 is 29.8 Å². The number of nitrogens with zero attached hydrogens (tertiary/aromatic N) is 1. The number of aliphatic hydroxyl groups is 1. The smallest absolute Gasteiger partial charge is 0.411 e. The average molecular weight is 259 g/mol. The summed E-state index contributed by atoms with van der Waals surface area (Å²) in [5, 5.41) is 18.7. The summed E-state index contributed by atoms with van der Waals surface area (Å²) in [6.07, 6.45) is 0.956. The van der Waals surface area contributed by atoms with Gasteiger partial charge in [-0.3, -0.25) is 4.90 Å². The molecule has 1 fully saturated rings. The number of hydrogen-bond donors (Lipinski definition) is 2. The van der Waals surface area contributed by atoms with Crippen LogP contribution in [0, 0.1) is 0 Å². The molecule has 1 unspecified atom stereocenters. The minimum Gasteiger partial charge on any atom is -0.479 e. The van der Waals surface area contributed by atoms with E-state index in [9.17, 15) is 19.8 Å². The summed E-state index contributed by atoms with van der Waals surface area (Å²) >= 11 is 0. The van der Waals surface area contributed by atoms with E-state index in [2.05, 4.69) is 0 Å². The van der Waals surface area contributed by atoms with Crippen molar-refractivity contribution in [1.82, 2.24) is 4.90 Å². The van der Waals surface area contributed by atoms with Gasteiger partial charge >= 0.3 is 12.1 Å². The lowest BCUT2D eigenvalue weighted by Crippen LogP contribution is -2.62. The number of carboxylic acids is 1. The zero-order chi connectivity index (χ0) is 14.0. The highest BCUT2D eigenvalue weighted by molar-refractivity contribution is 5.85. The molecule has 0 spiro atoms. The molecule has 0 aromatic rings. The number of aliphatic hydroxyl groups excluding tert-OH is 1. The van der Waals surface area contributed by atoms with Crippen molar-refractivity contribution in [3.63, 3.8) is 0 Å². The Hall–Kier alpha value is -1.30. The lowest BCUT2D eigenvalue weighted by molar-refractivity contribution is -0.157. The maximum absolute atomic E-state index is 12.0. The molecule has 0 bridgehead atoms. The van der Waals surface area contributed by atoms with Crippen molar-refractivity contribution >= 4 is 12.1 Å². The second-order valence-corrected chi connectivity index (χ2v) is 5.58. The number of hydrogen-bond acceptors (Lipinski definition) is 4. The number of piperidine rings is 1. The van der Waals surface area contributed by atoms with Crippen LogP contribution < -0.4 is 0 Å². The number of carbonyl (C=O) groups excluding carboxylic acids is 1. The first-order valence-corrected chi connectivity index (χ1v) is 6.08. The van der Waals surface area contributed by atoms with Gasteiger partial charge in [-0.1, -0.05) is 0 Å². The van der Waals surface area contributed by atoms with Crippen molar-refractivity contribution in [2.75, 3.05) is 13.2 Å². The standard InChI is InChI=1S/C12H21NO5/c1-11(2,3)18-10(17)13-7-5-4-6-12(13,8-14)9(15)16/h14H,4-8H2,1-3H3,(H,15,16). The number of carbonyl (C=O) groups is 2. The van der Waals surface area contributed by atoms with Gasteiger partial charge in [-0.2, -0.15) is 0 Å². The highest BCUT2D eigenvalue weighted by Gasteiger charge is 2.49. The van der Waals surface area contributed by atoms with E-state index in [0.29, 0.717) is 19.4 Å². The molecule has 0 aromatic carbocycles. The minimum atomic E-state index is -1.54. The van der Waals surface area contributed by atoms with Gasteiger partial charge in [0.05, 0.1) is 6.61 Å². The molecule has 1 amide bonds. The first kappa shape index (κ1) is 14.8. The lowest BCUT2D eigenvalue weighted by atomic mass is 9.87. The number of aliphatic carboxylic acids is 1. The summed E-state index contributed by atoms with van der Waals surface area (Å²) < 4.78 is 5.20. The van der Waals surface area contributed by atoms with Crippen LogP contribution in [0.1, 0.15) is 40.0 Å². The first-order chi connectivity index (χ1) is 8.23. The Labute approximate surface area is 107 Å². The molecule has 18 heavy (non-hydrogen) atoms. The van der Waals surface area contributed by atoms with Crippen molar-refractivity contribution in [2.45, 2.75) is 51.2 Å². The van der Waals surface area contributed by atoms with Crippen LogP contribution in [-0.2, 0) is 9.53 Å². The van der Waals surface area contributed by atoms with E-state index in [1.54, 1.807) is 20.8 Å². The predicted molar refractivity (Wildman–Crippen MR) is 64.2 cm³/mol. The van der Waals surface area contributed by atoms with Crippen LogP contribution in [0.25, 0.3) is 0 Å². The molecule has 1 saturated heterocycles. The van der Waals surface area contributed by atoms with E-state index in [4.69, 9.17) is 4.74 Å². The van der Waals surface area contributed by atoms with Crippen molar-refractivity contribution in [1.29, 1.82) is 0 Å². The molecule has 6 nitrogen and oxygen atoms in total. The zero-order valence-electron chi connectivity index (χ0n) is 11.1. The fourth-order valence-corrected chi connectivity index (χ4v) is 2.07. The Morgan fingerprint density at radius 1 is 1.33 bits per heavy atom. The zero-order valence-corrected chi connectivity index (χ0v) is 11.1. The summed E-state index contributed by atoms with van der Waals surface area (Å²) in [4.78, 5) is 24.5. The third-order valence-electron chi connectivity index (χ3n) is 3.01. The Morgan fingerprint density at radius 3 is 2.39 bits per heavy atom. The molecule has 0 aliphatic carbocycles. The number of rotatable bonds is 2. The molecule has 6 heteroatoms. The topological polar surface area (TPSA) is 87.1 Å². The van der Waals surface area contributed by atoms with Gasteiger partial charge < -0.3 is 14.9 Å². The fourth-order valence-electron chi connectivity index (χ4n) is 2.07. The van der Waals surface area contributed by atoms with Crippen molar-refractivity contribution < 1.29 is 24.5 Å². The van der Waals surface area contributed by atoms with Crippen LogP contribution in [0.5, 0.6) is 0 Å². The van der Waals surface area contributed by atoms with Gasteiger partial charge in [0.15, 0.2) is 5.54 Å². The molecule has 1 atom stereocenters. The minimum absolute atomic E-state index is 0.248. The summed E-state index contributed by atoms with van der Waals surface area (Å²) in [5.41, 5.74) is -2.23. The Balaban J connectivity index is 2.95. The van der Waals surface area contributed by atoms with Gasteiger partial charge in [-0.25, -0.2) is 9.59 Å². The molecule has 104 valence electrons. The predicted octanol–water partition coefficient (Wildman–Crippen LogP) is 1.22. The van der Waals surface area contributed by atoms with Gasteiger partial charge in [0.1, 0.15) is 5.60 Å². The molecule has 0 saturated carbocycles. The monoisotopic (exact) mass is 259 g/mol. The average Bonchev–Trinajstić information content (AvgIpc) is 2.26. The van der Waals surface area contributed by atoms with Crippen LogP contribution in [0.2, 0.25) is 0 Å². The van der Waals surface area contributed by atoms with Crippen molar-refractivity contribution in [2.24, 2.45) is 0 Å². The maximum Gasteiger partial charge on any atom is 0.411 e. The summed E-state index contributed by atoms with van der Waals surface area (Å²) in [7, 11) is 0. The van der Waals surface area contributed by atoms with Crippen LogP contribution in [0.15, 0.2) is 0 Å². The van der Waals surface area contributed by atoms with Gasteiger partial charge in [-0.15, -0.1) is 0 Å². The molecular formula is C12H21NO5. The van der Waals surface area contributed by atoms with E-state index >= 15 is 0 Å². The Kier molecular flexibility index (Phi) is 4.21. The van der Waals surface area contributed by atoms with Crippen LogP contribution in [-0.4, -0.2) is 51.5 Å². The van der Waals surface area contributed by atoms with E-state index in [1.807, 2.05) is 0 Å². The molecule has 0 aromatic heterocycles.